The molecule has 94 valence electrons. The van der Waals surface area contributed by atoms with Gasteiger partial charge >= 0.3 is 0 Å². The van der Waals surface area contributed by atoms with Crippen LogP contribution >= 0.6 is 0 Å². The summed E-state index contributed by atoms with van der Waals surface area (Å²) in [4.78, 5) is 0. The van der Waals surface area contributed by atoms with Crippen LogP contribution < -0.4 is 0 Å². The van der Waals surface area contributed by atoms with E-state index in [1.54, 1.807) is 0 Å². The lowest BCUT2D eigenvalue weighted by molar-refractivity contribution is 0.105. The molecule has 1 fully saturated rings. The normalized spacial score (nSPS) is 26.1. The van der Waals surface area contributed by atoms with Gasteiger partial charge in [0.1, 0.15) is 11.6 Å². The topological polar surface area (TPSA) is 20.2 Å². The largest absolute Gasteiger partial charge is 0.388 e. The maximum absolute atomic E-state index is 13.5. The zero-order valence-corrected chi connectivity index (χ0v) is 10.00. The van der Waals surface area contributed by atoms with Crippen LogP contribution in [-0.2, 0) is 0 Å². The summed E-state index contributed by atoms with van der Waals surface area (Å²) in [6.45, 7) is 2.14. The summed E-state index contributed by atoms with van der Waals surface area (Å²) < 4.78 is 26.3. The second-order valence-electron chi connectivity index (χ2n) is 4.96. The molecule has 1 aromatic carbocycles. The number of aliphatic hydroxyl groups excluding tert-OH is 1. The molecule has 1 N–H and O–H groups in total. The van der Waals surface area contributed by atoms with Crippen molar-refractivity contribution in [2.24, 2.45) is 11.8 Å². The molecule has 0 saturated heterocycles. The van der Waals surface area contributed by atoms with Crippen molar-refractivity contribution in [3.8, 4) is 0 Å². The molecule has 3 heteroatoms. The highest BCUT2D eigenvalue weighted by atomic mass is 19.1. The van der Waals surface area contributed by atoms with E-state index < -0.39 is 17.7 Å². The second-order valence-corrected chi connectivity index (χ2v) is 4.96. The Morgan fingerprint density at radius 2 is 2.12 bits per heavy atom. The molecule has 0 radical (unpaired) electrons. The monoisotopic (exact) mass is 240 g/mol. The minimum Gasteiger partial charge on any atom is -0.388 e. The summed E-state index contributed by atoms with van der Waals surface area (Å²) in [6, 6.07) is 3.40. The van der Waals surface area contributed by atoms with E-state index in [1.165, 1.54) is 12.1 Å². The number of hydrogen-bond acceptors (Lipinski definition) is 1. The van der Waals surface area contributed by atoms with Gasteiger partial charge in [0.2, 0.25) is 0 Å². The van der Waals surface area contributed by atoms with Crippen molar-refractivity contribution in [1.82, 2.24) is 0 Å². The number of rotatable bonds is 3. The van der Waals surface area contributed by atoms with Gasteiger partial charge in [-0.25, -0.2) is 8.78 Å². The Hall–Kier alpha value is -0.960. The van der Waals surface area contributed by atoms with Crippen molar-refractivity contribution in [3.05, 3.63) is 35.4 Å². The molecule has 0 aliphatic heterocycles. The fourth-order valence-electron chi connectivity index (χ4n) is 2.77. The highest BCUT2D eigenvalue weighted by Crippen LogP contribution is 2.40. The summed E-state index contributed by atoms with van der Waals surface area (Å²) in [5.74, 6) is -0.494. The lowest BCUT2D eigenvalue weighted by Crippen LogP contribution is -2.11. The number of benzene rings is 1. The molecule has 0 heterocycles. The van der Waals surface area contributed by atoms with E-state index in [1.807, 2.05) is 0 Å². The van der Waals surface area contributed by atoms with Gasteiger partial charge in [0.05, 0.1) is 6.10 Å². The zero-order chi connectivity index (χ0) is 12.4. The SMILES string of the molecule is CCC1CCC(C(O)c2ccc(F)cc2F)C1. The van der Waals surface area contributed by atoms with Gasteiger partial charge in [-0.2, -0.15) is 0 Å². The smallest absolute Gasteiger partial charge is 0.131 e. The van der Waals surface area contributed by atoms with Gasteiger partial charge in [0, 0.05) is 11.6 Å². The Labute approximate surface area is 100 Å². The van der Waals surface area contributed by atoms with E-state index >= 15 is 0 Å². The molecule has 0 spiro atoms. The molecule has 0 bridgehead atoms. The van der Waals surface area contributed by atoms with E-state index in [0.717, 1.165) is 31.7 Å². The van der Waals surface area contributed by atoms with Gasteiger partial charge in [-0.05, 0) is 30.7 Å². The summed E-state index contributed by atoms with van der Waals surface area (Å²) in [5.41, 5.74) is 0.230. The Balaban J connectivity index is 2.12. The van der Waals surface area contributed by atoms with Crippen molar-refractivity contribution in [2.45, 2.75) is 38.7 Å². The highest BCUT2D eigenvalue weighted by Gasteiger charge is 2.31. The zero-order valence-electron chi connectivity index (χ0n) is 10.00. The van der Waals surface area contributed by atoms with Crippen LogP contribution in [0.5, 0.6) is 0 Å². The average molecular weight is 240 g/mol. The summed E-state index contributed by atoms with van der Waals surface area (Å²) in [6.07, 6.45) is 3.27. The van der Waals surface area contributed by atoms with Crippen LogP contribution in [0, 0.1) is 23.5 Å². The average Bonchev–Trinajstić information content (AvgIpc) is 2.76. The van der Waals surface area contributed by atoms with Crippen LogP contribution in [0.15, 0.2) is 18.2 Å². The molecular weight excluding hydrogens is 222 g/mol. The van der Waals surface area contributed by atoms with Crippen molar-refractivity contribution in [3.63, 3.8) is 0 Å². The van der Waals surface area contributed by atoms with E-state index in [9.17, 15) is 13.9 Å². The first kappa shape index (κ1) is 12.5. The first-order valence-electron chi connectivity index (χ1n) is 6.24. The molecule has 1 aliphatic rings. The fraction of sp³-hybridized carbons (Fsp3) is 0.571. The van der Waals surface area contributed by atoms with E-state index in [2.05, 4.69) is 6.92 Å². The first-order chi connectivity index (χ1) is 8.11. The molecule has 3 atom stereocenters. The van der Waals surface area contributed by atoms with Crippen molar-refractivity contribution < 1.29 is 13.9 Å². The Morgan fingerprint density at radius 3 is 2.71 bits per heavy atom. The molecule has 1 aliphatic carbocycles. The van der Waals surface area contributed by atoms with Crippen LogP contribution in [0.2, 0.25) is 0 Å². The minimum absolute atomic E-state index is 0.111. The molecule has 2 rings (SSSR count). The quantitative estimate of drug-likeness (QED) is 0.851. The molecule has 0 aromatic heterocycles. The lowest BCUT2D eigenvalue weighted by Gasteiger charge is -2.19. The third-order valence-electron chi connectivity index (χ3n) is 3.89. The van der Waals surface area contributed by atoms with Crippen molar-refractivity contribution in [1.29, 1.82) is 0 Å². The lowest BCUT2D eigenvalue weighted by atomic mass is 9.92. The standard InChI is InChI=1S/C14H18F2O/c1-2-9-3-4-10(7-9)14(17)12-6-5-11(15)8-13(12)16/h5-6,8-10,14,17H,2-4,7H2,1H3. The van der Waals surface area contributed by atoms with Crippen LogP contribution in [0.4, 0.5) is 8.78 Å². The summed E-state index contributed by atoms with van der Waals surface area (Å²) >= 11 is 0. The third-order valence-corrected chi connectivity index (χ3v) is 3.89. The van der Waals surface area contributed by atoms with Crippen LogP contribution in [-0.4, -0.2) is 5.11 Å². The first-order valence-corrected chi connectivity index (χ1v) is 6.24. The van der Waals surface area contributed by atoms with Gasteiger partial charge in [0.25, 0.3) is 0 Å². The molecule has 1 nitrogen and oxygen atoms in total. The number of halogens is 2. The van der Waals surface area contributed by atoms with Crippen molar-refractivity contribution >= 4 is 0 Å². The molecule has 3 unspecified atom stereocenters. The Bertz CT molecular complexity index is 392. The predicted molar refractivity (Wildman–Crippen MR) is 62.4 cm³/mol. The molecule has 17 heavy (non-hydrogen) atoms. The summed E-state index contributed by atoms with van der Waals surface area (Å²) in [5, 5.41) is 10.1. The second kappa shape index (κ2) is 5.13. The summed E-state index contributed by atoms with van der Waals surface area (Å²) in [7, 11) is 0. The molecule has 1 saturated carbocycles. The van der Waals surface area contributed by atoms with E-state index in [0.29, 0.717) is 5.92 Å². The predicted octanol–water partition coefficient (Wildman–Crippen LogP) is 3.82. The van der Waals surface area contributed by atoms with Gasteiger partial charge < -0.3 is 5.11 Å². The van der Waals surface area contributed by atoms with E-state index in [-0.39, 0.29) is 11.5 Å². The number of aliphatic hydroxyl groups is 1. The van der Waals surface area contributed by atoms with Gasteiger partial charge in [-0.3, -0.25) is 0 Å². The Kier molecular flexibility index (Phi) is 3.77. The molecule has 1 aromatic rings. The third kappa shape index (κ3) is 2.65. The maximum Gasteiger partial charge on any atom is 0.131 e. The molecule has 0 amide bonds. The highest BCUT2D eigenvalue weighted by molar-refractivity contribution is 5.21. The fourth-order valence-corrected chi connectivity index (χ4v) is 2.77. The van der Waals surface area contributed by atoms with Crippen LogP contribution in [0.1, 0.15) is 44.3 Å². The maximum atomic E-state index is 13.5. The molecular formula is C14H18F2O. The van der Waals surface area contributed by atoms with Gasteiger partial charge in [0.15, 0.2) is 0 Å². The van der Waals surface area contributed by atoms with Crippen LogP contribution in [0.3, 0.4) is 0 Å². The Morgan fingerprint density at radius 1 is 1.35 bits per heavy atom. The van der Waals surface area contributed by atoms with Crippen molar-refractivity contribution in [2.75, 3.05) is 0 Å². The van der Waals surface area contributed by atoms with Crippen LogP contribution in [0.25, 0.3) is 0 Å². The van der Waals surface area contributed by atoms with Gasteiger partial charge in [-0.15, -0.1) is 0 Å². The van der Waals surface area contributed by atoms with E-state index in [4.69, 9.17) is 0 Å². The number of hydrogen-bond donors (Lipinski definition) is 1. The van der Waals surface area contributed by atoms with Gasteiger partial charge in [-0.1, -0.05) is 25.8 Å². The minimum atomic E-state index is -0.799.